The number of benzene rings is 1. The summed E-state index contributed by atoms with van der Waals surface area (Å²) in [6.45, 7) is 1.64. The van der Waals surface area contributed by atoms with Gasteiger partial charge in [0.25, 0.3) is 0 Å². The van der Waals surface area contributed by atoms with Crippen LogP contribution in [0.25, 0.3) is 10.9 Å². The van der Waals surface area contributed by atoms with Crippen LogP contribution in [0.15, 0.2) is 36.5 Å². The van der Waals surface area contributed by atoms with E-state index in [1.807, 2.05) is 30.5 Å². The van der Waals surface area contributed by atoms with Crippen molar-refractivity contribution < 1.29 is 8.42 Å². The molecule has 2 aromatic rings. The molecule has 0 bridgehead atoms. The van der Waals surface area contributed by atoms with Gasteiger partial charge in [0.05, 0.1) is 11.8 Å². The van der Waals surface area contributed by atoms with E-state index in [0.717, 1.165) is 36.0 Å². The largest absolute Gasteiger partial charge is 0.369 e. The average Bonchev–Trinajstić information content (AvgIpc) is 2.45. The number of rotatable bonds is 3. The van der Waals surface area contributed by atoms with Crippen LogP contribution in [0.5, 0.6) is 0 Å². The minimum atomic E-state index is -3.16. The molecule has 2 heterocycles. The maximum atomic E-state index is 11.4. The van der Waals surface area contributed by atoms with Crippen LogP contribution in [-0.4, -0.2) is 38.8 Å². The Balaban J connectivity index is 1.88. The number of piperidine rings is 1. The molecule has 0 spiro atoms. The molecule has 0 saturated carbocycles. The van der Waals surface area contributed by atoms with Crippen LogP contribution < -0.4 is 9.62 Å². The maximum absolute atomic E-state index is 11.4. The number of aromatic nitrogens is 1. The monoisotopic (exact) mass is 305 g/mol. The lowest BCUT2D eigenvalue weighted by Gasteiger charge is -2.35. The van der Waals surface area contributed by atoms with Gasteiger partial charge in [-0.15, -0.1) is 0 Å². The highest BCUT2D eigenvalue weighted by Crippen LogP contribution is 2.27. The average molecular weight is 305 g/mol. The molecule has 1 saturated heterocycles. The van der Waals surface area contributed by atoms with E-state index in [2.05, 4.69) is 20.7 Å². The third kappa shape index (κ3) is 3.33. The summed E-state index contributed by atoms with van der Waals surface area (Å²) < 4.78 is 25.6. The van der Waals surface area contributed by atoms with E-state index < -0.39 is 10.0 Å². The molecule has 1 aromatic heterocycles. The van der Waals surface area contributed by atoms with Gasteiger partial charge in [0, 0.05) is 36.4 Å². The summed E-state index contributed by atoms with van der Waals surface area (Å²) >= 11 is 0. The second-order valence-electron chi connectivity index (χ2n) is 5.52. The third-order valence-corrected chi connectivity index (χ3v) is 4.53. The molecule has 1 aliphatic rings. The predicted octanol–water partition coefficient (Wildman–Crippen LogP) is 1.75. The van der Waals surface area contributed by atoms with E-state index in [4.69, 9.17) is 0 Å². The second-order valence-corrected chi connectivity index (χ2v) is 7.30. The highest BCUT2D eigenvalue weighted by atomic mass is 32.2. The first-order chi connectivity index (χ1) is 10.0. The van der Waals surface area contributed by atoms with Crippen LogP contribution in [0.3, 0.4) is 0 Å². The fraction of sp³-hybridized carbons (Fsp3) is 0.400. The molecule has 1 aliphatic heterocycles. The van der Waals surface area contributed by atoms with Crippen LogP contribution in [0, 0.1) is 0 Å². The fourth-order valence-corrected chi connectivity index (χ4v) is 3.75. The zero-order valence-electron chi connectivity index (χ0n) is 12.0. The van der Waals surface area contributed by atoms with Gasteiger partial charge in [0.15, 0.2) is 0 Å². The van der Waals surface area contributed by atoms with Crippen molar-refractivity contribution in [2.24, 2.45) is 0 Å². The molecule has 0 amide bonds. The molecule has 3 rings (SSSR count). The topological polar surface area (TPSA) is 62.3 Å². The first kappa shape index (κ1) is 14.3. The lowest BCUT2D eigenvalue weighted by molar-refractivity contribution is 0.468. The predicted molar refractivity (Wildman–Crippen MR) is 85.0 cm³/mol. The van der Waals surface area contributed by atoms with Gasteiger partial charge in [-0.25, -0.2) is 13.1 Å². The number of nitrogens with one attached hydrogen (secondary N) is 1. The number of nitrogens with zero attached hydrogens (tertiary/aromatic N) is 2. The Kier molecular flexibility index (Phi) is 3.82. The Morgan fingerprint density at radius 3 is 2.90 bits per heavy atom. The van der Waals surface area contributed by atoms with Crippen molar-refractivity contribution in [3.05, 3.63) is 36.5 Å². The smallest absolute Gasteiger partial charge is 0.209 e. The molecule has 0 aliphatic carbocycles. The molecule has 1 fully saturated rings. The van der Waals surface area contributed by atoms with Crippen LogP contribution >= 0.6 is 0 Å². The minimum Gasteiger partial charge on any atom is -0.369 e. The summed E-state index contributed by atoms with van der Waals surface area (Å²) in [5, 5.41) is 1.11. The van der Waals surface area contributed by atoms with Gasteiger partial charge in [-0.2, -0.15) is 0 Å². The van der Waals surface area contributed by atoms with Crippen molar-refractivity contribution in [3.8, 4) is 0 Å². The molecular formula is C15H19N3O2S. The summed E-state index contributed by atoms with van der Waals surface area (Å²) in [5.41, 5.74) is 2.09. The summed E-state index contributed by atoms with van der Waals surface area (Å²) in [6.07, 6.45) is 4.88. The van der Waals surface area contributed by atoms with E-state index in [0.29, 0.717) is 6.54 Å². The van der Waals surface area contributed by atoms with Gasteiger partial charge in [-0.1, -0.05) is 18.2 Å². The van der Waals surface area contributed by atoms with E-state index in [1.165, 1.54) is 6.26 Å². The Bertz CT molecular complexity index is 740. The first-order valence-electron chi connectivity index (χ1n) is 7.09. The van der Waals surface area contributed by atoms with Gasteiger partial charge in [0.2, 0.25) is 10.0 Å². The molecule has 1 aromatic carbocycles. The van der Waals surface area contributed by atoms with Crippen molar-refractivity contribution >= 4 is 26.6 Å². The van der Waals surface area contributed by atoms with E-state index in [-0.39, 0.29) is 6.04 Å². The van der Waals surface area contributed by atoms with Crippen molar-refractivity contribution in [1.29, 1.82) is 0 Å². The zero-order valence-corrected chi connectivity index (χ0v) is 12.8. The normalized spacial score (nSPS) is 19.9. The van der Waals surface area contributed by atoms with E-state index in [1.54, 1.807) is 0 Å². The molecular weight excluding hydrogens is 286 g/mol. The molecule has 112 valence electrons. The summed E-state index contributed by atoms with van der Waals surface area (Å²) in [7, 11) is -3.16. The lowest BCUT2D eigenvalue weighted by atomic mass is 10.0. The lowest BCUT2D eigenvalue weighted by Crippen LogP contribution is -2.47. The quantitative estimate of drug-likeness (QED) is 0.938. The standard InChI is InChI=1S/C15H19N3O2S/c1-21(19,20)17-12-5-4-10-18(11-12)15-8-9-16-14-7-3-2-6-13(14)15/h2-3,6-9,12,17H,4-5,10-11H2,1H3. The van der Waals surface area contributed by atoms with Crippen LogP contribution in [-0.2, 0) is 10.0 Å². The Hall–Kier alpha value is -1.66. The summed E-state index contributed by atoms with van der Waals surface area (Å²) in [4.78, 5) is 6.62. The van der Waals surface area contributed by atoms with Crippen molar-refractivity contribution in [2.75, 3.05) is 24.2 Å². The van der Waals surface area contributed by atoms with E-state index >= 15 is 0 Å². The number of fused-ring (bicyclic) bond motifs is 1. The number of sulfonamides is 1. The van der Waals surface area contributed by atoms with Gasteiger partial charge >= 0.3 is 0 Å². The molecule has 21 heavy (non-hydrogen) atoms. The maximum Gasteiger partial charge on any atom is 0.209 e. The van der Waals surface area contributed by atoms with Crippen LogP contribution in [0.2, 0.25) is 0 Å². The van der Waals surface area contributed by atoms with Crippen molar-refractivity contribution in [2.45, 2.75) is 18.9 Å². The number of anilines is 1. The van der Waals surface area contributed by atoms with Gasteiger partial charge < -0.3 is 4.90 Å². The molecule has 1 unspecified atom stereocenters. The van der Waals surface area contributed by atoms with Crippen molar-refractivity contribution in [3.63, 3.8) is 0 Å². The fourth-order valence-electron chi connectivity index (χ4n) is 2.95. The molecule has 1 N–H and O–H groups in total. The molecule has 5 nitrogen and oxygen atoms in total. The van der Waals surface area contributed by atoms with Gasteiger partial charge in [-0.3, -0.25) is 4.98 Å². The minimum absolute atomic E-state index is 0.0272. The highest BCUT2D eigenvalue weighted by Gasteiger charge is 2.23. The summed E-state index contributed by atoms with van der Waals surface area (Å²) in [6, 6.07) is 10.0. The SMILES string of the molecule is CS(=O)(=O)NC1CCCN(c2ccnc3ccccc23)C1. The number of pyridine rings is 1. The van der Waals surface area contributed by atoms with Crippen LogP contribution in [0.4, 0.5) is 5.69 Å². The number of para-hydroxylation sites is 1. The highest BCUT2D eigenvalue weighted by molar-refractivity contribution is 7.88. The molecule has 1 atom stereocenters. The molecule has 0 radical (unpaired) electrons. The second kappa shape index (κ2) is 5.61. The Morgan fingerprint density at radius 1 is 1.29 bits per heavy atom. The molecule has 6 heteroatoms. The third-order valence-electron chi connectivity index (χ3n) is 3.77. The first-order valence-corrected chi connectivity index (χ1v) is 8.98. The van der Waals surface area contributed by atoms with Gasteiger partial charge in [0.1, 0.15) is 0 Å². The zero-order chi connectivity index (χ0) is 14.9. The Morgan fingerprint density at radius 2 is 2.10 bits per heavy atom. The van der Waals surface area contributed by atoms with Crippen molar-refractivity contribution in [1.82, 2.24) is 9.71 Å². The summed E-state index contributed by atoms with van der Waals surface area (Å²) in [5.74, 6) is 0. The Labute approximate surface area is 125 Å². The number of hydrogen-bond donors (Lipinski definition) is 1. The van der Waals surface area contributed by atoms with Gasteiger partial charge in [-0.05, 0) is 25.0 Å². The van der Waals surface area contributed by atoms with E-state index in [9.17, 15) is 8.42 Å². The number of hydrogen-bond acceptors (Lipinski definition) is 4. The van der Waals surface area contributed by atoms with Crippen LogP contribution in [0.1, 0.15) is 12.8 Å².